The number of anilines is 6. The van der Waals surface area contributed by atoms with Crippen LogP contribution >= 0.6 is 0 Å². The van der Waals surface area contributed by atoms with Gasteiger partial charge >= 0.3 is 0 Å². The summed E-state index contributed by atoms with van der Waals surface area (Å²) in [5, 5.41) is 0. The van der Waals surface area contributed by atoms with Gasteiger partial charge in [0.05, 0.1) is 5.41 Å². The zero-order valence-electron chi connectivity index (χ0n) is 31.3. The second-order valence-electron chi connectivity index (χ2n) is 14.9. The number of nitrogens with zero attached hydrogens (tertiary/aromatic N) is 2. The Bertz CT molecular complexity index is 2820. The molecule has 0 aromatic heterocycles. The van der Waals surface area contributed by atoms with E-state index in [4.69, 9.17) is 0 Å². The van der Waals surface area contributed by atoms with E-state index in [1.807, 2.05) is 0 Å². The molecular weight excluding hydrogens is 689 g/mol. The molecule has 0 amide bonds. The first-order chi connectivity index (χ1) is 28.3. The smallest absolute Gasteiger partial charge is 0.0725 e. The van der Waals surface area contributed by atoms with Crippen molar-refractivity contribution in [3.05, 3.63) is 253 Å². The maximum Gasteiger partial charge on any atom is 0.0725 e. The number of benzene rings is 9. The second-order valence-corrected chi connectivity index (χ2v) is 14.9. The monoisotopic (exact) mass is 726 g/mol. The fourth-order valence-electron chi connectivity index (χ4n) is 9.56. The molecule has 9 aromatic carbocycles. The maximum absolute atomic E-state index is 2.43. The Labute approximate surface area is 334 Å². The van der Waals surface area contributed by atoms with Crippen molar-refractivity contribution in [2.45, 2.75) is 5.41 Å². The molecule has 1 unspecified atom stereocenters. The molecule has 0 N–H and O–H groups in total. The van der Waals surface area contributed by atoms with Crippen LogP contribution in [0.1, 0.15) is 22.3 Å². The number of hydrogen-bond donors (Lipinski definition) is 0. The lowest BCUT2D eigenvalue weighted by Gasteiger charge is -2.36. The van der Waals surface area contributed by atoms with E-state index < -0.39 is 5.41 Å². The van der Waals surface area contributed by atoms with E-state index in [-0.39, 0.29) is 0 Å². The van der Waals surface area contributed by atoms with Crippen LogP contribution in [-0.4, -0.2) is 0 Å². The maximum atomic E-state index is 2.43. The van der Waals surface area contributed by atoms with Gasteiger partial charge in [0.25, 0.3) is 0 Å². The van der Waals surface area contributed by atoms with Crippen LogP contribution in [0.15, 0.2) is 231 Å². The largest absolute Gasteiger partial charge is 0.310 e. The minimum Gasteiger partial charge on any atom is -0.310 e. The van der Waals surface area contributed by atoms with Crippen LogP contribution < -0.4 is 9.80 Å². The molecule has 268 valence electrons. The summed E-state index contributed by atoms with van der Waals surface area (Å²) in [5.41, 5.74) is 18.8. The van der Waals surface area contributed by atoms with Crippen LogP contribution in [0, 0.1) is 0 Å². The summed E-state index contributed by atoms with van der Waals surface area (Å²) in [6, 6.07) is 84.3. The molecule has 0 bridgehead atoms. The molecule has 0 heterocycles. The van der Waals surface area contributed by atoms with Gasteiger partial charge in [-0.3, -0.25) is 0 Å². The molecule has 0 radical (unpaired) electrons. The third kappa shape index (κ3) is 5.11. The summed E-state index contributed by atoms with van der Waals surface area (Å²) in [4.78, 5) is 4.74. The van der Waals surface area contributed by atoms with E-state index in [9.17, 15) is 0 Å². The van der Waals surface area contributed by atoms with Crippen LogP contribution in [0.2, 0.25) is 0 Å². The van der Waals surface area contributed by atoms with Gasteiger partial charge in [-0.15, -0.1) is 0 Å². The molecule has 0 saturated carbocycles. The molecule has 57 heavy (non-hydrogen) atoms. The number of para-hydroxylation sites is 4. The Balaban J connectivity index is 1.21. The van der Waals surface area contributed by atoms with Crippen molar-refractivity contribution < 1.29 is 0 Å². The molecule has 0 aliphatic heterocycles. The van der Waals surface area contributed by atoms with Gasteiger partial charge in [-0.2, -0.15) is 0 Å². The topological polar surface area (TPSA) is 6.48 Å². The van der Waals surface area contributed by atoms with Crippen LogP contribution in [0.4, 0.5) is 34.1 Å². The van der Waals surface area contributed by atoms with Gasteiger partial charge in [-0.1, -0.05) is 158 Å². The number of rotatable bonds is 6. The predicted octanol–water partition coefficient (Wildman–Crippen LogP) is 14.6. The Morgan fingerprint density at radius 2 is 0.491 bits per heavy atom. The van der Waals surface area contributed by atoms with Crippen molar-refractivity contribution in [2.24, 2.45) is 0 Å². The molecular formula is C55H38N2. The van der Waals surface area contributed by atoms with Crippen molar-refractivity contribution in [1.29, 1.82) is 0 Å². The third-order valence-electron chi connectivity index (χ3n) is 11.8. The average Bonchev–Trinajstić information content (AvgIpc) is 3.52. The van der Waals surface area contributed by atoms with Gasteiger partial charge in [0.1, 0.15) is 0 Å². The van der Waals surface area contributed by atoms with Crippen molar-refractivity contribution in [3.8, 4) is 33.4 Å². The van der Waals surface area contributed by atoms with Gasteiger partial charge in [-0.25, -0.2) is 0 Å². The average molecular weight is 727 g/mol. The Morgan fingerprint density at radius 3 is 0.895 bits per heavy atom. The third-order valence-corrected chi connectivity index (χ3v) is 11.8. The highest BCUT2D eigenvalue weighted by molar-refractivity contribution is 5.99. The van der Waals surface area contributed by atoms with Gasteiger partial charge in [0.2, 0.25) is 0 Å². The molecule has 2 heteroatoms. The highest BCUT2D eigenvalue weighted by Gasteiger charge is 2.50. The fourth-order valence-corrected chi connectivity index (χ4v) is 9.56. The summed E-state index contributed by atoms with van der Waals surface area (Å²) in [6.45, 7) is 0. The van der Waals surface area contributed by atoms with Gasteiger partial charge in [-0.05, 0) is 128 Å². The van der Waals surface area contributed by atoms with Crippen LogP contribution in [0.3, 0.4) is 0 Å². The summed E-state index contributed by atoms with van der Waals surface area (Å²) in [7, 11) is 0. The molecule has 9 aromatic rings. The lowest BCUT2D eigenvalue weighted by Crippen LogP contribution is -2.29. The van der Waals surface area contributed by atoms with E-state index in [1.165, 1.54) is 55.6 Å². The molecule has 11 rings (SSSR count). The van der Waals surface area contributed by atoms with Crippen LogP contribution in [0.5, 0.6) is 0 Å². The zero-order valence-corrected chi connectivity index (χ0v) is 31.3. The molecule has 0 fully saturated rings. The highest BCUT2D eigenvalue weighted by atomic mass is 15.1. The first kappa shape index (κ1) is 33.0. The Morgan fingerprint density at radius 1 is 0.211 bits per heavy atom. The quantitative estimate of drug-likeness (QED) is 0.168. The van der Waals surface area contributed by atoms with Gasteiger partial charge < -0.3 is 9.80 Å². The summed E-state index contributed by atoms with van der Waals surface area (Å²) in [6.07, 6.45) is 0. The molecule has 2 aliphatic rings. The van der Waals surface area contributed by atoms with E-state index >= 15 is 0 Å². The number of hydrogen-bond acceptors (Lipinski definition) is 2. The fraction of sp³-hybridized carbons (Fsp3) is 0.0182. The molecule has 1 spiro atoms. The van der Waals surface area contributed by atoms with Gasteiger partial charge in [0.15, 0.2) is 0 Å². The van der Waals surface area contributed by atoms with E-state index in [2.05, 4.69) is 240 Å². The first-order valence-electron chi connectivity index (χ1n) is 19.7. The molecule has 0 saturated heterocycles. The van der Waals surface area contributed by atoms with Gasteiger partial charge in [0, 0.05) is 34.1 Å². The molecule has 2 nitrogen and oxygen atoms in total. The summed E-state index contributed by atoms with van der Waals surface area (Å²) in [5.74, 6) is 0. The lowest BCUT2D eigenvalue weighted by atomic mass is 9.66. The molecule has 1 atom stereocenters. The lowest BCUT2D eigenvalue weighted by molar-refractivity contribution is 0.775. The molecule has 2 aliphatic carbocycles. The highest BCUT2D eigenvalue weighted by Crippen LogP contribution is 2.62. The van der Waals surface area contributed by atoms with Crippen LogP contribution in [-0.2, 0) is 5.41 Å². The number of fused-ring (bicyclic) bond motifs is 12. The van der Waals surface area contributed by atoms with E-state index in [0.29, 0.717) is 0 Å². The standard InChI is InChI=1S/C55H38N2/c1-5-19-39(20-6-1)56(40-21-7-2-8-22-40)43-33-35-53-49(37-43)46-28-14-13-27-45(46)47-29-15-17-31-51(47)55(53)52-32-18-16-30-48(52)50-38-44(34-36-54(50)55)57(41-23-9-3-10-24-41)42-25-11-4-12-26-42/h1-38H. The van der Waals surface area contributed by atoms with Crippen molar-refractivity contribution in [3.63, 3.8) is 0 Å². The van der Waals surface area contributed by atoms with Crippen LogP contribution in [0.25, 0.3) is 33.4 Å². The second kappa shape index (κ2) is 13.4. The predicted molar refractivity (Wildman–Crippen MR) is 238 cm³/mol. The Kier molecular flexibility index (Phi) is 7.75. The first-order valence-corrected chi connectivity index (χ1v) is 19.7. The van der Waals surface area contributed by atoms with Crippen molar-refractivity contribution in [1.82, 2.24) is 0 Å². The SMILES string of the molecule is c1ccc(N(c2ccccc2)c2ccc3c(c2)-c2ccccc2-c2ccccc2C32c3ccccc3-c3cc(N(c4ccccc4)c4ccccc4)ccc32)cc1. The minimum absolute atomic E-state index is 0.581. The summed E-state index contributed by atoms with van der Waals surface area (Å²) < 4.78 is 0. The van der Waals surface area contributed by atoms with E-state index in [1.54, 1.807) is 0 Å². The summed E-state index contributed by atoms with van der Waals surface area (Å²) >= 11 is 0. The van der Waals surface area contributed by atoms with Crippen molar-refractivity contribution in [2.75, 3.05) is 9.80 Å². The van der Waals surface area contributed by atoms with Crippen molar-refractivity contribution >= 4 is 34.1 Å². The minimum atomic E-state index is -0.581. The van der Waals surface area contributed by atoms with E-state index in [0.717, 1.165) is 34.1 Å². The zero-order chi connectivity index (χ0) is 37.8. The Hall–Kier alpha value is -7.42. The normalized spacial score (nSPS) is 14.4.